The van der Waals surface area contributed by atoms with E-state index in [0.29, 0.717) is 18.0 Å². The molecular formula is C26H31N3O6. The van der Waals surface area contributed by atoms with Crippen LogP contribution in [-0.4, -0.2) is 89.8 Å². The molecule has 0 saturated carbocycles. The molecule has 3 amide bonds. The molecular weight excluding hydrogens is 450 g/mol. The molecule has 0 bridgehead atoms. The number of aliphatic hydroxyl groups excluding tert-OH is 1. The minimum absolute atomic E-state index is 0.193. The lowest BCUT2D eigenvalue weighted by molar-refractivity contribution is -0.150. The third kappa shape index (κ3) is 3.25. The maximum absolute atomic E-state index is 14.2. The lowest BCUT2D eigenvalue weighted by Crippen LogP contribution is -2.58. The predicted octanol–water partition coefficient (Wildman–Crippen LogP) is 0.978. The smallest absolute Gasteiger partial charge is 0.253 e. The first kappa shape index (κ1) is 23.6. The number of aliphatic hydroxyl groups is 1. The SMILES string of the molecule is COc1ccc(N2CC=C[C@]34O[C@@]5(C)C=CCN(C)C(=O)[C@H]5[C@H]3C(=O)N([C@H](C)CO)C4C2=O)cc1. The fourth-order valence-electron chi connectivity index (χ4n) is 6.14. The van der Waals surface area contributed by atoms with Gasteiger partial charge in [0.15, 0.2) is 0 Å². The predicted molar refractivity (Wildman–Crippen MR) is 128 cm³/mol. The average Bonchev–Trinajstić information content (AvgIpc) is 3.14. The van der Waals surface area contributed by atoms with Gasteiger partial charge in [-0.3, -0.25) is 14.4 Å². The number of carbonyl (C=O) groups excluding carboxylic acids is 3. The highest BCUT2D eigenvalue weighted by molar-refractivity contribution is 6.06. The van der Waals surface area contributed by atoms with Gasteiger partial charge in [-0.1, -0.05) is 24.3 Å². The number of ether oxygens (including phenoxy) is 2. The second-order valence-corrected chi connectivity index (χ2v) is 9.94. The molecule has 4 heterocycles. The van der Waals surface area contributed by atoms with Crippen LogP contribution in [0.25, 0.3) is 0 Å². The van der Waals surface area contributed by atoms with Crippen molar-refractivity contribution >= 4 is 23.4 Å². The molecule has 4 aliphatic heterocycles. The second-order valence-electron chi connectivity index (χ2n) is 9.94. The van der Waals surface area contributed by atoms with E-state index in [0.717, 1.165) is 0 Å². The highest BCUT2D eigenvalue weighted by Gasteiger charge is 2.75. The van der Waals surface area contributed by atoms with E-state index in [1.807, 2.05) is 25.2 Å². The van der Waals surface area contributed by atoms with Crippen LogP contribution in [0, 0.1) is 11.8 Å². The number of carbonyl (C=O) groups is 3. The normalized spacial score (nSPS) is 34.9. The van der Waals surface area contributed by atoms with E-state index in [9.17, 15) is 19.5 Å². The molecule has 0 radical (unpaired) electrons. The van der Waals surface area contributed by atoms with Gasteiger partial charge in [-0.05, 0) is 38.1 Å². The van der Waals surface area contributed by atoms with Crippen molar-refractivity contribution in [2.45, 2.75) is 37.1 Å². The number of likely N-dealkylation sites (N-methyl/N-ethyl adjacent to an activating group) is 1. The highest BCUT2D eigenvalue weighted by atomic mass is 16.5. The van der Waals surface area contributed by atoms with Gasteiger partial charge >= 0.3 is 0 Å². The summed E-state index contributed by atoms with van der Waals surface area (Å²) in [7, 11) is 3.28. The Morgan fingerprint density at radius 2 is 1.74 bits per heavy atom. The summed E-state index contributed by atoms with van der Waals surface area (Å²) in [6.45, 7) is 3.89. The molecule has 1 aromatic rings. The van der Waals surface area contributed by atoms with E-state index < -0.39 is 35.1 Å². The van der Waals surface area contributed by atoms with Crippen LogP contribution in [0.2, 0.25) is 0 Å². The summed E-state index contributed by atoms with van der Waals surface area (Å²) in [6.07, 6.45) is 7.35. The molecule has 1 N–H and O–H groups in total. The van der Waals surface area contributed by atoms with Crippen LogP contribution < -0.4 is 9.64 Å². The molecule has 0 aliphatic carbocycles. The van der Waals surface area contributed by atoms with Crippen molar-refractivity contribution in [3.63, 3.8) is 0 Å². The molecule has 186 valence electrons. The van der Waals surface area contributed by atoms with Gasteiger partial charge in [0.2, 0.25) is 11.8 Å². The monoisotopic (exact) mass is 481 g/mol. The third-order valence-electron chi connectivity index (χ3n) is 7.82. The van der Waals surface area contributed by atoms with Gasteiger partial charge in [-0.25, -0.2) is 0 Å². The molecule has 1 aromatic carbocycles. The lowest BCUT2D eigenvalue weighted by Gasteiger charge is -2.39. The number of amides is 3. The van der Waals surface area contributed by atoms with Crippen LogP contribution in [-0.2, 0) is 19.1 Å². The average molecular weight is 482 g/mol. The van der Waals surface area contributed by atoms with E-state index in [4.69, 9.17) is 9.47 Å². The summed E-state index contributed by atoms with van der Waals surface area (Å²) in [6, 6.07) is 5.46. The van der Waals surface area contributed by atoms with Gasteiger partial charge in [-0.2, -0.15) is 0 Å². The van der Waals surface area contributed by atoms with Crippen LogP contribution in [0.1, 0.15) is 13.8 Å². The zero-order valence-corrected chi connectivity index (χ0v) is 20.4. The number of rotatable bonds is 4. The summed E-state index contributed by atoms with van der Waals surface area (Å²) in [5, 5.41) is 10.0. The molecule has 2 saturated heterocycles. The van der Waals surface area contributed by atoms with Crippen molar-refractivity contribution in [3.8, 4) is 5.75 Å². The molecule has 6 atom stereocenters. The summed E-state index contributed by atoms with van der Waals surface area (Å²) in [5.74, 6) is -1.88. The van der Waals surface area contributed by atoms with Crippen LogP contribution >= 0.6 is 0 Å². The van der Waals surface area contributed by atoms with Crippen LogP contribution in [0.4, 0.5) is 5.69 Å². The van der Waals surface area contributed by atoms with Crippen LogP contribution in [0.3, 0.4) is 0 Å². The number of anilines is 1. The maximum atomic E-state index is 14.2. The molecule has 1 unspecified atom stereocenters. The van der Waals surface area contributed by atoms with Gasteiger partial charge in [0.05, 0.1) is 37.2 Å². The van der Waals surface area contributed by atoms with E-state index in [1.54, 1.807) is 61.2 Å². The Bertz CT molecular complexity index is 1120. The molecule has 9 heteroatoms. The van der Waals surface area contributed by atoms with Gasteiger partial charge in [0.25, 0.3) is 5.91 Å². The Balaban J connectivity index is 1.65. The largest absolute Gasteiger partial charge is 0.497 e. The zero-order chi connectivity index (χ0) is 25.1. The van der Waals surface area contributed by atoms with Crippen molar-refractivity contribution < 1.29 is 29.0 Å². The molecule has 1 spiro atoms. The van der Waals surface area contributed by atoms with Crippen molar-refractivity contribution in [3.05, 3.63) is 48.6 Å². The first-order valence-corrected chi connectivity index (χ1v) is 11.9. The summed E-state index contributed by atoms with van der Waals surface area (Å²) < 4.78 is 11.9. The van der Waals surface area contributed by atoms with E-state index >= 15 is 0 Å². The third-order valence-corrected chi connectivity index (χ3v) is 7.82. The topological polar surface area (TPSA) is 99.6 Å². The van der Waals surface area contributed by atoms with Crippen molar-refractivity contribution in [2.24, 2.45) is 11.8 Å². The molecule has 0 aromatic heterocycles. The Morgan fingerprint density at radius 3 is 2.40 bits per heavy atom. The summed E-state index contributed by atoms with van der Waals surface area (Å²) >= 11 is 0. The number of benzene rings is 1. The van der Waals surface area contributed by atoms with E-state index in [2.05, 4.69) is 0 Å². The van der Waals surface area contributed by atoms with Crippen molar-refractivity contribution in [2.75, 3.05) is 38.8 Å². The number of likely N-dealkylation sites (tertiary alicyclic amines) is 1. The van der Waals surface area contributed by atoms with Crippen molar-refractivity contribution in [1.29, 1.82) is 0 Å². The van der Waals surface area contributed by atoms with Gasteiger partial charge in [0, 0.05) is 25.8 Å². The number of fused-ring (bicyclic) bond motifs is 2. The Morgan fingerprint density at radius 1 is 1.06 bits per heavy atom. The zero-order valence-electron chi connectivity index (χ0n) is 20.4. The lowest BCUT2D eigenvalue weighted by atomic mass is 9.74. The van der Waals surface area contributed by atoms with E-state index in [1.165, 1.54) is 4.90 Å². The number of nitrogens with zero attached hydrogens (tertiary/aromatic N) is 3. The molecule has 9 nitrogen and oxygen atoms in total. The van der Waals surface area contributed by atoms with Gasteiger partial charge < -0.3 is 29.3 Å². The molecule has 4 aliphatic rings. The fourth-order valence-corrected chi connectivity index (χ4v) is 6.14. The van der Waals surface area contributed by atoms with Gasteiger partial charge in [-0.15, -0.1) is 0 Å². The minimum atomic E-state index is -1.34. The fraction of sp³-hybridized carbons (Fsp3) is 0.500. The Kier molecular flexibility index (Phi) is 5.52. The highest BCUT2D eigenvalue weighted by Crippen LogP contribution is 2.57. The number of hydrogen-bond acceptors (Lipinski definition) is 6. The standard InChI is InChI=1S/C26H31N3O6/c1-16(15-30)29-21-24(33)28(17-7-9-18(34-4)10-8-17)14-6-12-26(21)20(23(29)32)19-22(31)27(3)13-5-11-25(19,2)35-26/h5-12,16,19-21,30H,13-15H2,1-4H3/t16-,19-,20+,21?,25+,26+/m1/s1. The molecule has 35 heavy (non-hydrogen) atoms. The number of hydrogen-bond donors (Lipinski definition) is 1. The number of methoxy groups -OCH3 is 1. The Hall–Kier alpha value is -3.17. The summed E-state index contributed by atoms with van der Waals surface area (Å²) in [5.41, 5.74) is -1.73. The summed E-state index contributed by atoms with van der Waals surface area (Å²) in [4.78, 5) is 46.3. The Labute approximate surface area is 204 Å². The molecule has 2 fully saturated rings. The van der Waals surface area contributed by atoms with Crippen LogP contribution in [0.5, 0.6) is 5.75 Å². The van der Waals surface area contributed by atoms with Crippen LogP contribution in [0.15, 0.2) is 48.6 Å². The quantitative estimate of drug-likeness (QED) is 0.644. The first-order chi connectivity index (χ1) is 16.7. The van der Waals surface area contributed by atoms with Crippen molar-refractivity contribution in [1.82, 2.24) is 9.80 Å². The minimum Gasteiger partial charge on any atom is -0.497 e. The van der Waals surface area contributed by atoms with Gasteiger partial charge in [0.1, 0.15) is 17.4 Å². The first-order valence-electron chi connectivity index (χ1n) is 11.9. The second kappa shape index (κ2) is 8.20. The molecule has 5 rings (SSSR count). The maximum Gasteiger partial charge on any atom is 0.253 e. The van der Waals surface area contributed by atoms with E-state index in [-0.39, 0.29) is 30.9 Å².